The molecule has 0 saturated carbocycles. The van der Waals surface area contributed by atoms with Crippen LogP contribution < -0.4 is 5.43 Å². The fourth-order valence-electron chi connectivity index (χ4n) is 1.54. The number of amides is 1. The number of nitrogens with zero attached hydrogens (tertiary/aromatic N) is 1. The number of halogens is 3. The summed E-state index contributed by atoms with van der Waals surface area (Å²) in [5.41, 5.74) is 3.33. The van der Waals surface area contributed by atoms with Crippen LogP contribution in [-0.2, 0) is 0 Å². The first kappa shape index (κ1) is 17.0. The van der Waals surface area contributed by atoms with E-state index in [1.54, 1.807) is 24.3 Å². The molecule has 0 unspecified atom stereocenters. The maximum atomic E-state index is 11.9. The first-order valence-corrected chi connectivity index (χ1v) is 8.27. The lowest BCUT2D eigenvalue weighted by molar-refractivity contribution is 0.0955. The van der Waals surface area contributed by atoms with Crippen LogP contribution in [0.3, 0.4) is 0 Å². The number of aromatic hydroxyl groups is 2. The molecule has 0 atom stereocenters. The standard InChI is InChI=1S/C14H9Br3N2O3/c15-9-3-1-7(2-4-9)14(22)19-18-6-8-5-10(20)13(21)12(17)11(8)16/h1-6,20-21H,(H,19,22). The minimum atomic E-state index is -0.359. The number of hydrogen-bond donors (Lipinski definition) is 3. The molecule has 2 aromatic carbocycles. The number of benzene rings is 2. The Morgan fingerprint density at radius 1 is 1.09 bits per heavy atom. The first-order valence-electron chi connectivity index (χ1n) is 5.89. The Kier molecular flexibility index (Phi) is 5.60. The molecule has 8 heteroatoms. The van der Waals surface area contributed by atoms with Crippen molar-refractivity contribution in [3.8, 4) is 11.5 Å². The summed E-state index contributed by atoms with van der Waals surface area (Å²) in [4.78, 5) is 11.9. The maximum Gasteiger partial charge on any atom is 0.271 e. The van der Waals surface area contributed by atoms with Crippen molar-refractivity contribution in [2.24, 2.45) is 5.10 Å². The van der Waals surface area contributed by atoms with Crippen molar-refractivity contribution in [2.45, 2.75) is 0 Å². The lowest BCUT2D eigenvalue weighted by Crippen LogP contribution is -2.17. The molecule has 0 aliphatic rings. The van der Waals surface area contributed by atoms with Gasteiger partial charge in [0, 0.05) is 20.1 Å². The Balaban J connectivity index is 2.13. The summed E-state index contributed by atoms with van der Waals surface area (Å²) in [5.74, 6) is -0.930. The quantitative estimate of drug-likeness (QED) is 0.342. The molecule has 0 bridgehead atoms. The van der Waals surface area contributed by atoms with Gasteiger partial charge in [-0.1, -0.05) is 15.9 Å². The summed E-state index contributed by atoms with van der Waals surface area (Å²) in [6, 6.07) is 8.15. The Morgan fingerprint density at radius 2 is 1.73 bits per heavy atom. The van der Waals surface area contributed by atoms with Gasteiger partial charge in [0.1, 0.15) is 0 Å². The van der Waals surface area contributed by atoms with Crippen LogP contribution in [0.15, 0.2) is 48.9 Å². The van der Waals surface area contributed by atoms with Gasteiger partial charge in [-0.05, 0) is 62.2 Å². The molecule has 114 valence electrons. The number of carbonyl (C=O) groups is 1. The van der Waals surface area contributed by atoms with Crippen molar-refractivity contribution in [3.63, 3.8) is 0 Å². The molecule has 0 heterocycles. The van der Waals surface area contributed by atoms with Crippen molar-refractivity contribution in [1.82, 2.24) is 5.43 Å². The summed E-state index contributed by atoms with van der Waals surface area (Å²) in [6.07, 6.45) is 1.35. The van der Waals surface area contributed by atoms with Gasteiger partial charge < -0.3 is 10.2 Å². The number of phenolic OH excluding ortho intramolecular Hbond substituents is 2. The number of hydrazone groups is 1. The van der Waals surface area contributed by atoms with Crippen LogP contribution in [0.5, 0.6) is 11.5 Å². The van der Waals surface area contributed by atoms with E-state index in [9.17, 15) is 15.0 Å². The molecule has 0 aliphatic heterocycles. The van der Waals surface area contributed by atoms with E-state index < -0.39 is 0 Å². The fourth-order valence-corrected chi connectivity index (χ4v) is 2.64. The fraction of sp³-hybridized carbons (Fsp3) is 0. The number of carbonyl (C=O) groups excluding carboxylic acids is 1. The number of nitrogens with one attached hydrogen (secondary N) is 1. The summed E-state index contributed by atoms with van der Waals surface area (Å²) in [7, 11) is 0. The van der Waals surface area contributed by atoms with Gasteiger partial charge in [-0.15, -0.1) is 0 Å². The Morgan fingerprint density at radius 3 is 2.36 bits per heavy atom. The number of rotatable bonds is 3. The third kappa shape index (κ3) is 3.88. The van der Waals surface area contributed by atoms with Crippen LogP contribution in [-0.4, -0.2) is 22.3 Å². The molecule has 0 aliphatic carbocycles. The highest BCUT2D eigenvalue weighted by Crippen LogP contribution is 2.40. The Bertz CT molecular complexity index is 746. The van der Waals surface area contributed by atoms with E-state index in [2.05, 4.69) is 58.3 Å². The highest BCUT2D eigenvalue weighted by molar-refractivity contribution is 9.13. The highest BCUT2D eigenvalue weighted by Gasteiger charge is 2.12. The predicted octanol–water partition coefficient (Wildman–Crippen LogP) is 4.15. The van der Waals surface area contributed by atoms with Crippen molar-refractivity contribution in [2.75, 3.05) is 0 Å². The van der Waals surface area contributed by atoms with E-state index in [1.807, 2.05) is 0 Å². The number of phenols is 2. The highest BCUT2D eigenvalue weighted by atomic mass is 79.9. The molecule has 2 aromatic rings. The van der Waals surface area contributed by atoms with Gasteiger partial charge in [0.05, 0.1) is 10.7 Å². The molecule has 5 nitrogen and oxygen atoms in total. The topological polar surface area (TPSA) is 81.9 Å². The largest absolute Gasteiger partial charge is 0.504 e. The SMILES string of the molecule is O=C(NN=Cc1cc(O)c(O)c(Br)c1Br)c1ccc(Br)cc1. The molecular weight excluding hydrogens is 484 g/mol. The summed E-state index contributed by atoms with van der Waals surface area (Å²) in [5, 5.41) is 22.9. The molecule has 0 spiro atoms. The lowest BCUT2D eigenvalue weighted by Gasteiger charge is -2.06. The molecule has 0 fully saturated rings. The van der Waals surface area contributed by atoms with Crippen molar-refractivity contribution < 1.29 is 15.0 Å². The van der Waals surface area contributed by atoms with Crippen molar-refractivity contribution in [1.29, 1.82) is 0 Å². The molecule has 0 radical (unpaired) electrons. The van der Waals surface area contributed by atoms with E-state index in [1.165, 1.54) is 12.3 Å². The van der Waals surface area contributed by atoms with Gasteiger partial charge in [-0.2, -0.15) is 5.10 Å². The van der Waals surface area contributed by atoms with E-state index in [0.29, 0.717) is 20.1 Å². The zero-order chi connectivity index (χ0) is 16.3. The van der Waals surface area contributed by atoms with Crippen LogP contribution in [0.2, 0.25) is 0 Å². The van der Waals surface area contributed by atoms with Gasteiger partial charge in [0.25, 0.3) is 5.91 Å². The smallest absolute Gasteiger partial charge is 0.271 e. The van der Waals surface area contributed by atoms with Gasteiger partial charge in [0.2, 0.25) is 0 Å². The van der Waals surface area contributed by atoms with Crippen LogP contribution in [0.4, 0.5) is 0 Å². The van der Waals surface area contributed by atoms with Crippen LogP contribution >= 0.6 is 47.8 Å². The summed E-state index contributed by atoms with van der Waals surface area (Å²) < 4.78 is 1.68. The normalized spacial score (nSPS) is 10.9. The second-order valence-corrected chi connectivity index (χ2v) is 6.67. The van der Waals surface area contributed by atoms with E-state index in [-0.39, 0.29) is 17.4 Å². The van der Waals surface area contributed by atoms with Gasteiger partial charge in [-0.3, -0.25) is 4.79 Å². The van der Waals surface area contributed by atoms with E-state index in [4.69, 9.17) is 0 Å². The van der Waals surface area contributed by atoms with E-state index >= 15 is 0 Å². The average Bonchev–Trinajstić information content (AvgIpc) is 2.50. The Labute approximate surface area is 151 Å². The minimum Gasteiger partial charge on any atom is -0.504 e. The predicted molar refractivity (Wildman–Crippen MR) is 94.4 cm³/mol. The van der Waals surface area contributed by atoms with E-state index in [0.717, 1.165) is 4.47 Å². The summed E-state index contributed by atoms with van der Waals surface area (Å²) in [6.45, 7) is 0. The summed E-state index contributed by atoms with van der Waals surface area (Å²) >= 11 is 9.68. The van der Waals surface area contributed by atoms with Crippen molar-refractivity contribution in [3.05, 3.63) is 54.9 Å². The third-order valence-corrected chi connectivity index (χ3v) is 5.35. The maximum absolute atomic E-state index is 11.9. The van der Waals surface area contributed by atoms with Crippen molar-refractivity contribution >= 4 is 59.9 Å². The van der Waals surface area contributed by atoms with Crippen LogP contribution in [0.25, 0.3) is 0 Å². The molecular formula is C14H9Br3N2O3. The molecule has 0 saturated heterocycles. The second kappa shape index (κ2) is 7.26. The van der Waals surface area contributed by atoms with Crippen LogP contribution in [0, 0.1) is 0 Å². The van der Waals surface area contributed by atoms with Gasteiger partial charge >= 0.3 is 0 Å². The van der Waals surface area contributed by atoms with Gasteiger partial charge in [-0.25, -0.2) is 5.43 Å². The number of hydrogen-bond acceptors (Lipinski definition) is 4. The molecule has 0 aromatic heterocycles. The zero-order valence-corrected chi connectivity index (χ0v) is 15.6. The van der Waals surface area contributed by atoms with Crippen LogP contribution in [0.1, 0.15) is 15.9 Å². The van der Waals surface area contributed by atoms with Gasteiger partial charge in [0.15, 0.2) is 11.5 Å². The third-order valence-electron chi connectivity index (χ3n) is 2.67. The Hall–Kier alpha value is -1.38. The average molecular weight is 493 g/mol. The molecule has 1 amide bonds. The molecule has 22 heavy (non-hydrogen) atoms. The second-order valence-electron chi connectivity index (χ2n) is 4.17. The monoisotopic (exact) mass is 490 g/mol. The first-order chi connectivity index (χ1) is 10.4. The molecule has 3 N–H and O–H groups in total. The lowest BCUT2D eigenvalue weighted by atomic mass is 10.2. The zero-order valence-electron chi connectivity index (χ0n) is 10.8. The molecule has 2 rings (SSSR count). The minimum absolute atomic E-state index is 0.275.